The van der Waals surface area contributed by atoms with Crippen LogP contribution in [-0.2, 0) is 10.8 Å². The lowest BCUT2D eigenvalue weighted by molar-refractivity contribution is 0.171. The van der Waals surface area contributed by atoms with Crippen LogP contribution in [0.1, 0.15) is 6.92 Å². The molecule has 0 saturated heterocycles. The Hall–Kier alpha value is -1.11. The molecular weight excluding hydrogens is 266 g/mol. The summed E-state index contributed by atoms with van der Waals surface area (Å²) < 4.78 is 23.0. The molecule has 0 bridgehead atoms. The van der Waals surface area contributed by atoms with Gasteiger partial charge in [-0.05, 0) is 18.7 Å². The fraction of sp³-hybridized carbons (Fsp3) is 0.538. The molecule has 0 spiro atoms. The molecule has 1 aliphatic rings. The average molecular weight is 285 g/mol. The highest BCUT2D eigenvalue weighted by atomic mass is 32.2. The highest BCUT2D eigenvalue weighted by Crippen LogP contribution is 2.31. The molecule has 106 valence electrons. The Kier molecular flexibility index (Phi) is 5.18. The number of aliphatic hydroxyl groups is 1. The lowest BCUT2D eigenvalue weighted by atomic mass is 10.3. The number of rotatable bonds is 6. The van der Waals surface area contributed by atoms with E-state index in [0.29, 0.717) is 36.2 Å². The van der Waals surface area contributed by atoms with Crippen LogP contribution >= 0.6 is 0 Å². The maximum Gasteiger partial charge on any atom is 0.162 e. The lowest BCUT2D eigenvalue weighted by Crippen LogP contribution is -2.30. The van der Waals surface area contributed by atoms with Crippen LogP contribution in [0.15, 0.2) is 23.1 Å². The summed E-state index contributed by atoms with van der Waals surface area (Å²) in [5.74, 6) is 1.52. The van der Waals surface area contributed by atoms with Crippen molar-refractivity contribution in [3.8, 4) is 11.5 Å². The third kappa shape index (κ3) is 3.92. The van der Waals surface area contributed by atoms with Crippen LogP contribution in [-0.4, -0.2) is 47.5 Å². The van der Waals surface area contributed by atoms with Crippen molar-refractivity contribution in [2.75, 3.05) is 32.1 Å². The van der Waals surface area contributed by atoms with Gasteiger partial charge in [0, 0.05) is 17.5 Å². The Labute approximate surface area is 115 Å². The lowest BCUT2D eigenvalue weighted by Gasteiger charge is -2.19. The van der Waals surface area contributed by atoms with Gasteiger partial charge in [-0.1, -0.05) is 6.92 Å². The molecule has 1 heterocycles. The zero-order valence-corrected chi connectivity index (χ0v) is 11.7. The molecule has 2 unspecified atom stereocenters. The van der Waals surface area contributed by atoms with Gasteiger partial charge >= 0.3 is 0 Å². The van der Waals surface area contributed by atoms with Crippen LogP contribution in [0.4, 0.5) is 0 Å². The number of ether oxygens (including phenoxy) is 2. The molecular formula is C13H19NO4S. The summed E-state index contributed by atoms with van der Waals surface area (Å²) in [6.45, 7) is 4.24. The van der Waals surface area contributed by atoms with Gasteiger partial charge in [-0.25, -0.2) is 0 Å². The SMILES string of the molecule is CCNCC(O)CS(=O)c1ccc2c(c1)OCCO2. The van der Waals surface area contributed by atoms with Crippen molar-refractivity contribution in [3.05, 3.63) is 18.2 Å². The predicted molar refractivity (Wildman–Crippen MR) is 73.3 cm³/mol. The van der Waals surface area contributed by atoms with E-state index in [1.165, 1.54) is 0 Å². The van der Waals surface area contributed by atoms with Crippen molar-refractivity contribution in [3.63, 3.8) is 0 Å². The molecule has 1 aromatic carbocycles. The van der Waals surface area contributed by atoms with Crippen LogP contribution < -0.4 is 14.8 Å². The minimum absolute atomic E-state index is 0.215. The smallest absolute Gasteiger partial charge is 0.162 e. The molecule has 2 N–H and O–H groups in total. The molecule has 2 atom stereocenters. The molecule has 6 heteroatoms. The normalized spacial score (nSPS) is 16.9. The monoisotopic (exact) mass is 285 g/mol. The largest absolute Gasteiger partial charge is 0.486 e. The van der Waals surface area contributed by atoms with Gasteiger partial charge in [0.05, 0.1) is 22.7 Å². The van der Waals surface area contributed by atoms with Gasteiger partial charge < -0.3 is 19.9 Å². The molecule has 19 heavy (non-hydrogen) atoms. The molecule has 0 aromatic heterocycles. The maximum absolute atomic E-state index is 12.1. The van der Waals surface area contributed by atoms with Crippen LogP contribution in [0.3, 0.4) is 0 Å². The van der Waals surface area contributed by atoms with Gasteiger partial charge in [0.1, 0.15) is 13.2 Å². The number of fused-ring (bicyclic) bond motifs is 1. The number of aliphatic hydroxyl groups excluding tert-OH is 1. The number of hydrogen-bond acceptors (Lipinski definition) is 5. The second-order valence-corrected chi connectivity index (χ2v) is 5.77. The number of hydrogen-bond donors (Lipinski definition) is 2. The highest BCUT2D eigenvalue weighted by Gasteiger charge is 2.16. The van der Waals surface area contributed by atoms with Crippen LogP contribution in [0.2, 0.25) is 0 Å². The molecule has 0 fully saturated rings. The van der Waals surface area contributed by atoms with Crippen molar-refractivity contribution in [2.24, 2.45) is 0 Å². The van der Waals surface area contributed by atoms with Crippen LogP contribution in [0.5, 0.6) is 11.5 Å². The Morgan fingerprint density at radius 2 is 2.11 bits per heavy atom. The van der Waals surface area contributed by atoms with E-state index in [9.17, 15) is 9.32 Å². The average Bonchev–Trinajstić information content (AvgIpc) is 2.44. The minimum Gasteiger partial charge on any atom is -0.486 e. The van der Waals surface area contributed by atoms with E-state index in [0.717, 1.165) is 6.54 Å². The Balaban J connectivity index is 1.99. The summed E-state index contributed by atoms with van der Waals surface area (Å²) in [6, 6.07) is 5.24. The highest BCUT2D eigenvalue weighted by molar-refractivity contribution is 7.85. The van der Waals surface area contributed by atoms with Gasteiger partial charge in [-0.3, -0.25) is 4.21 Å². The van der Waals surface area contributed by atoms with E-state index in [1.807, 2.05) is 6.92 Å². The van der Waals surface area contributed by atoms with Crippen molar-refractivity contribution >= 4 is 10.8 Å². The number of benzene rings is 1. The first-order chi connectivity index (χ1) is 9.20. The standard InChI is InChI=1S/C13H19NO4S/c1-2-14-8-10(15)9-19(16)11-3-4-12-13(7-11)18-6-5-17-12/h3-4,7,10,14-15H,2,5-6,8-9H2,1H3. The molecule has 0 saturated carbocycles. The summed E-state index contributed by atoms with van der Waals surface area (Å²) in [5, 5.41) is 12.8. The second kappa shape index (κ2) is 6.88. The molecule has 0 aliphatic carbocycles. The topological polar surface area (TPSA) is 67.8 Å². The molecule has 0 radical (unpaired) electrons. The Morgan fingerprint density at radius 1 is 1.37 bits per heavy atom. The first-order valence-electron chi connectivity index (χ1n) is 6.37. The predicted octanol–water partition coefficient (Wildman–Crippen LogP) is 0.536. The zero-order valence-electron chi connectivity index (χ0n) is 10.9. The number of likely N-dealkylation sites (N-methyl/N-ethyl adjacent to an activating group) is 1. The van der Waals surface area contributed by atoms with E-state index >= 15 is 0 Å². The van der Waals surface area contributed by atoms with Crippen molar-refractivity contribution in [1.29, 1.82) is 0 Å². The van der Waals surface area contributed by atoms with E-state index in [-0.39, 0.29) is 5.75 Å². The fourth-order valence-electron chi connectivity index (χ4n) is 1.81. The summed E-state index contributed by atoms with van der Waals surface area (Å²) in [7, 11) is -1.24. The summed E-state index contributed by atoms with van der Waals surface area (Å²) in [4.78, 5) is 0.653. The van der Waals surface area contributed by atoms with Gasteiger partial charge in [-0.2, -0.15) is 0 Å². The molecule has 1 aromatic rings. The first-order valence-corrected chi connectivity index (χ1v) is 7.69. The van der Waals surface area contributed by atoms with Crippen molar-refractivity contribution in [2.45, 2.75) is 17.9 Å². The molecule has 1 aliphatic heterocycles. The van der Waals surface area contributed by atoms with E-state index in [2.05, 4.69) is 5.32 Å². The van der Waals surface area contributed by atoms with E-state index in [1.54, 1.807) is 18.2 Å². The first kappa shape index (κ1) is 14.3. The fourth-order valence-corrected chi connectivity index (χ4v) is 2.92. The van der Waals surface area contributed by atoms with Crippen LogP contribution in [0.25, 0.3) is 0 Å². The zero-order chi connectivity index (χ0) is 13.7. The van der Waals surface area contributed by atoms with E-state index in [4.69, 9.17) is 9.47 Å². The summed E-state index contributed by atoms with van der Waals surface area (Å²) >= 11 is 0. The minimum atomic E-state index is -1.24. The van der Waals surface area contributed by atoms with Gasteiger partial charge in [0.25, 0.3) is 0 Å². The quantitative estimate of drug-likeness (QED) is 0.798. The summed E-state index contributed by atoms with van der Waals surface area (Å²) in [6.07, 6.45) is -0.617. The Bertz CT molecular complexity index is 452. The van der Waals surface area contributed by atoms with Gasteiger partial charge in [0.2, 0.25) is 0 Å². The Morgan fingerprint density at radius 3 is 2.84 bits per heavy atom. The molecule has 5 nitrogen and oxygen atoms in total. The second-order valence-electron chi connectivity index (χ2n) is 4.28. The third-order valence-corrected chi connectivity index (χ3v) is 4.22. The maximum atomic E-state index is 12.1. The van der Waals surface area contributed by atoms with Crippen LogP contribution in [0, 0.1) is 0 Å². The molecule has 0 amide bonds. The van der Waals surface area contributed by atoms with Crippen molar-refractivity contribution in [1.82, 2.24) is 5.32 Å². The molecule has 2 rings (SSSR count). The van der Waals surface area contributed by atoms with E-state index < -0.39 is 16.9 Å². The third-order valence-electron chi connectivity index (χ3n) is 2.75. The van der Waals surface area contributed by atoms with Gasteiger partial charge in [0.15, 0.2) is 11.5 Å². The van der Waals surface area contributed by atoms with Crippen molar-refractivity contribution < 1.29 is 18.8 Å². The summed E-state index contributed by atoms with van der Waals surface area (Å²) in [5.41, 5.74) is 0. The number of nitrogens with one attached hydrogen (secondary N) is 1. The van der Waals surface area contributed by atoms with Gasteiger partial charge in [-0.15, -0.1) is 0 Å².